The number of rotatable bonds is 5. The Morgan fingerprint density at radius 3 is 2.71 bits per heavy atom. The van der Waals surface area contributed by atoms with Gasteiger partial charge in [0.1, 0.15) is 5.82 Å². The Balaban J connectivity index is 1.45. The van der Waals surface area contributed by atoms with E-state index >= 15 is 0 Å². The summed E-state index contributed by atoms with van der Waals surface area (Å²) in [7, 11) is 0. The van der Waals surface area contributed by atoms with Gasteiger partial charge in [-0.2, -0.15) is 0 Å². The highest BCUT2D eigenvalue weighted by atomic mass is 16.1. The van der Waals surface area contributed by atoms with Gasteiger partial charge < -0.3 is 10.7 Å². The lowest BCUT2D eigenvalue weighted by molar-refractivity contribution is 0.199. The van der Waals surface area contributed by atoms with Crippen molar-refractivity contribution in [2.45, 2.75) is 32.2 Å². The van der Waals surface area contributed by atoms with Gasteiger partial charge >= 0.3 is 0 Å². The fourth-order valence-electron chi connectivity index (χ4n) is 4.78. The molecule has 1 unspecified atom stereocenters. The zero-order valence-corrected chi connectivity index (χ0v) is 19.2. The van der Waals surface area contributed by atoms with E-state index in [2.05, 4.69) is 44.1 Å². The molecule has 2 aromatic heterocycles. The van der Waals surface area contributed by atoms with Gasteiger partial charge in [0.25, 0.3) is 5.56 Å². The molecule has 1 aliphatic heterocycles. The number of nitrogen functional groups attached to an aromatic ring is 1. The van der Waals surface area contributed by atoms with Gasteiger partial charge in [-0.1, -0.05) is 30.3 Å². The second-order valence-corrected chi connectivity index (χ2v) is 9.03. The standard InChI is InChI=1S/C27H28N6O/c1-17-30-13-21(14-31-17)26(29)23-11-20-10-22(27(34)32-25(20)12-24(23)28)19-8-5-9-33(16-19)15-18-6-3-2-4-7-18/h2-4,6-7,10-14,19,29H,5,8-9,15-16,28H2,1H3,(H,32,34). The number of benzene rings is 2. The quantitative estimate of drug-likeness (QED) is 0.313. The minimum absolute atomic E-state index is 0.0618. The molecule has 5 rings (SSSR count). The fraction of sp³-hybridized carbons (Fsp3) is 0.259. The number of nitrogens with zero attached hydrogens (tertiary/aromatic N) is 3. The van der Waals surface area contributed by atoms with Crippen LogP contribution in [0.2, 0.25) is 0 Å². The van der Waals surface area contributed by atoms with Crippen LogP contribution in [0, 0.1) is 12.3 Å². The van der Waals surface area contributed by atoms with Gasteiger partial charge in [-0.15, -0.1) is 0 Å². The zero-order valence-electron chi connectivity index (χ0n) is 19.2. The predicted octanol–water partition coefficient (Wildman–Crippen LogP) is 4.00. The van der Waals surface area contributed by atoms with Gasteiger partial charge in [-0.3, -0.25) is 15.1 Å². The van der Waals surface area contributed by atoms with Gasteiger partial charge in [-0.05, 0) is 55.5 Å². The molecular weight excluding hydrogens is 424 g/mol. The number of H-pyrrole nitrogens is 1. The van der Waals surface area contributed by atoms with E-state index in [9.17, 15) is 4.79 Å². The lowest BCUT2D eigenvalue weighted by atomic mass is 9.90. The summed E-state index contributed by atoms with van der Waals surface area (Å²) in [4.78, 5) is 26.9. The molecule has 0 saturated carbocycles. The predicted molar refractivity (Wildman–Crippen MR) is 135 cm³/mol. The van der Waals surface area contributed by atoms with Crippen LogP contribution in [0.4, 0.5) is 5.69 Å². The molecule has 1 aliphatic rings. The average Bonchev–Trinajstić information content (AvgIpc) is 2.84. The van der Waals surface area contributed by atoms with Crippen LogP contribution in [0.1, 0.15) is 46.8 Å². The van der Waals surface area contributed by atoms with Crippen molar-refractivity contribution in [1.29, 1.82) is 5.41 Å². The van der Waals surface area contributed by atoms with Crippen LogP contribution in [-0.2, 0) is 6.54 Å². The first-order valence-corrected chi connectivity index (χ1v) is 11.6. The summed E-state index contributed by atoms with van der Waals surface area (Å²) in [5.41, 5.74) is 10.9. The number of nitrogens with two attached hydrogens (primary N) is 1. The number of piperidine rings is 1. The van der Waals surface area contributed by atoms with Crippen LogP contribution in [0.25, 0.3) is 10.9 Å². The summed E-state index contributed by atoms with van der Waals surface area (Å²) in [6, 6.07) is 16.1. The van der Waals surface area contributed by atoms with Crippen molar-refractivity contribution in [3.63, 3.8) is 0 Å². The van der Waals surface area contributed by atoms with Crippen molar-refractivity contribution in [2.24, 2.45) is 0 Å². The topological polar surface area (TPSA) is 112 Å². The summed E-state index contributed by atoms with van der Waals surface area (Å²) in [6.07, 6.45) is 5.31. The molecule has 7 heteroatoms. The molecule has 4 aromatic rings. The normalized spacial score (nSPS) is 16.6. The first-order valence-electron chi connectivity index (χ1n) is 11.6. The molecule has 34 heavy (non-hydrogen) atoms. The SMILES string of the molecule is Cc1ncc(C(=N)c2cc3cc(C4CCCN(Cc5ccccc5)C4)c(=O)[nH]c3cc2N)cn1. The minimum Gasteiger partial charge on any atom is -0.398 e. The Morgan fingerprint density at radius 1 is 1.18 bits per heavy atom. The van der Waals surface area contributed by atoms with Crippen LogP contribution in [0.15, 0.2) is 65.7 Å². The molecule has 0 aliphatic carbocycles. The highest BCUT2D eigenvalue weighted by Gasteiger charge is 2.24. The number of hydrogen-bond acceptors (Lipinski definition) is 6. The molecule has 0 bridgehead atoms. The van der Waals surface area contributed by atoms with E-state index in [0.717, 1.165) is 43.4 Å². The van der Waals surface area contributed by atoms with E-state index in [0.29, 0.717) is 28.2 Å². The maximum Gasteiger partial charge on any atom is 0.251 e. The Morgan fingerprint density at radius 2 is 1.94 bits per heavy atom. The molecule has 1 saturated heterocycles. The number of likely N-dealkylation sites (tertiary alicyclic amines) is 1. The Bertz CT molecular complexity index is 1390. The van der Waals surface area contributed by atoms with Crippen LogP contribution in [0.3, 0.4) is 0 Å². The molecule has 3 heterocycles. The molecule has 0 amide bonds. The van der Waals surface area contributed by atoms with Crippen LogP contribution in [0.5, 0.6) is 0 Å². The third kappa shape index (κ3) is 4.47. The summed E-state index contributed by atoms with van der Waals surface area (Å²) < 4.78 is 0. The number of pyridine rings is 1. The Kier molecular flexibility index (Phi) is 5.94. The molecule has 0 radical (unpaired) electrons. The number of nitrogens with one attached hydrogen (secondary N) is 2. The summed E-state index contributed by atoms with van der Waals surface area (Å²) in [6.45, 7) is 4.58. The second-order valence-electron chi connectivity index (χ2n) is 9.03. The average molecular weight is 453 g/mol. The molecule has 7 nitrogen and oxygen atoms in total. The molecule has 172 valence electrons. The highest BCUT2D eigenvalue weighted by molar-refractivity contribution is 6.15. The largest absolute Gasteiger partial charge is 0.398 e. The lowest BCUT2D eigenvalue weighted by Crippen LogP contribution is -2.35. The molecule has 1 atom stereocenters. The summed E-state index contributed by atoms with van der Waals surface area (Å²) in [5.74, 6) is 0.815. The zero-order chi connectivity index (χ0) is 23.7. The van der Waals surface area contributed by atoms with E-state index in [4.69, 9.17) is 11.1 Å². The monoisotopic (exact) mass is 452 g/mol. The van der Waals surface area contributed by atoms with Crippen LogP contribution < -0.4 is 11.3 Å². The van der Waals surface area contributed by atoms with E-state index < -0.39 is 0 Å². The van der Waals surface area contributed by atoms with E-state index in [1.54, 1.807) is 18.5 Å². The Labute approximate surface area is 198 Å². The molecule has 1 fully saturated rings. The number of hydrogen-bond donors (Lipinski definition) is 3. The summed E-state index contributed by atoms with van der Waals surface area (Å²) in [5, 5.41) is 9.52. The number of aryl methyl sites for hydroxylation is 1. The number of anilines is 1. The highest BCUT2D eigenvalue weighted by Crippen LogP contribution is 2.29. The smallest absolute Gasteiger partial charge is 0.251 e. The van der Waals surface area contributed by atoms with E-state index in [1.807, 2.05) is 25.1 Å². The minimum atomic E-state index is -0.0618. The van der Waals surface area contributed by atoms with Crippen molar-refractivity contribution < 1.29 is 0 Å². The van der Waals surface area contributed by atoms with Gasteiger partial charge in [0.2, 0.25) is 0 Å². The molecular formula is C27H28N6O. The maximum absolute atomic E-state index is 13.0. The number of aromatic nitrogens is 3. The number of aromatic amines is 1. The lowest BCUT2D eigenvalue weighted by Gasteiger charge is -2.32. The molecule has 4 N–H and O–H groups in total. The third-order valence-electron chi connectivity index (χ3n) is 6.58. The van der Waals surface area contributed by atoms with E-state index in [-0.39, 0.29) is 17.2 Å². The first-order chi connectivity index (χ1) is 16.5. The van der Waals surface area contributed by atoms with Gasteiger partial charge in [0.05, 0.1) is 11.2 Å². The number of fused-ring (bicyclic) bond motifs is 1. The molecule has 2 aromatic carbocycles. The van der Waals surface area contributed by atoms with Crippen molar-refractivity contribution in [3.05, 3.63) is 99.4 Å². The van der Waals surface area contributed by atoms with Crippen molar-refractivity contribution >= 4 is 22.3 Å². The Hall–Kier alpha value is -3.84. The maximum atomic E-state index is 13.0. The third-order valence-corrected chi connectivity index (χ3v) is 6.58. The van der Waals surface area contributed by atoms with E-state index in [1.165, 1.54) is 5.56 Å². The summed E-state index contributed by atoms with van der Waals surface area (Å²) >= 11 is 0. The second kappa shape index (κ2) is 9.19. The van der Waals surface area contributed by atoms with Crippen molar-refractivity contribution in [1.82, 2.24) is 19.9 Å². The van der Waals surface area contributed by atoms with Gasteiger partial charge in [0, 0.05) is 53.8 Å². The van der Waals surface area contributed by atoms with Crippen molar-refractivity contribution in [3.8, 4) is 0 Å². The van der Waals surface area contributed by atoms with Crippen LogP contribution >= 0.6 is 0 Å². The van der Waals surface area contributed by atoms with Crippen molar-refractivity contribution in [2.75, 3.05) is 18.8 Å². The van der Waals surface area contributed by atoms with Gasteiger partial charge in [-0.25, -0.2) is 9.97 Å². The van der Waals surface area contributed by atoms with Crippen LogP contribution in [-0.4, -0.2) is 38.7 Å². The molecule has 0 spiro atoms. The van der Waals surface area contributed by atoms with Gasteiger partial charge in [0.15, 0.2) is 0 Å². The fourth-order valence-corrected chi connectivity index (χ4v) is 4.78. The first kappa shape index (κ1) is 22.0.